The summed E-state index contributed by atoms with van der Waals surface area (Å²) in [5.74, 6) is 0.209. The van der Waals surface area contributed by atoms with Crippen LogP contribution in [0.2, 0.25) is 5.02 Å². The van der Waals surface area contributed by atoms with E-state index in [1.807, 2.05) is 24.3 Å². The molecule has 128 valence electrons. The molecule has 0 bridgehead atoms. The zero-order valence-electron chi connectivity index (χ0n) is 13.4. The van der Waals surface area contributed by atoms with Gasteiger partial charge >= 0.3 is 5.69 Å². The lowest BCUT2D eigenvalue weighted by atomic mass is 10.0. The molecule has 7 heteroatoms. The summed E-state index contributed by atoms with van der Waals surface area (Å²) in [6, 6.07) is 12.7. The largest absolute Gasteiger partial charge is 0.350 e. The van der Waals surface area contributed by atoms with E-state index in [-0.39, 0.29) is 24.2 Å². The predicted molar refractivity (Wildman–Crippen MR) is 94.5 cm³/mol. The summed E-state index contributed by atoms with van der Waals surface area (Å²) in [6.07, 6.45) is 3.81. The van der Waals surface area contributed by atoms with Crippen molar-refractivity contribution >= 4 is 23.2 Å². The lowest BCUT2D eigenvalue weighted by Gasteiger charge is -2.18. The van der Waals surface area contributed by atoms with Gasteiger partial charge in [0.05, 0.1) is 6.04 Å². The quantitative estimate of drug-likeness (QED) is 0.763. The molecule has 1 unspecified atom stereocenters. The summed E-state index contributed by atoms with van der Waals surface area (Å²) in [5, 5.41) is 7.90. The maximum Gasteiger partial charge on any atom is 0.350 e. The second kappa shape index (κ2) is 6.37. The van der Waals surface area contributed by atoms with Crippen LogP contribution in [-0.2, 0) is 11.3 Å². The molecule has 6 nitrogen and oxygen atoms in total. The monoisotopic (exact) mass is 356 g/mol. The molecule has 1 fully saturated rings. The fourth-order valence-corrected chi connectivity index (χ4v) is 3.13. The van der Waals surface area contributed by atoms with E-state index in [4.69, 9.17) is 11.6 Å². The molecule has 2 heterocycles. The van der Waals surface area contributed by atoms with Crippen molar-refractivity contribution in [2.24, 2.45) is 5.92 Å². The number of hydrogen-bond acceptors (Lipinski definition) is 3. The molecule has 3 aromatic rings. The Morgan fingerprint density at radius 3 is 2.68 bits per heavy atom. The molecule has 1 N–H and O–H groups in total. The molecule has 2 aromatic heterocycles. The smallest absolute Gasteiger partial charge is 0.347 e. The van der Waals surface area contributed by atoms with Crippen LogP contribution in [0.5, 0.6) is 0 Å². The number of nitrogens with one attached hydrogen (secondary N) is 1. The first-order valence-corrected chi connectivity index (χ1v) is 8.58. The minimum Gasteiger partial charge on any atom is -0.347 e. The van der Waals surface area contributed by atoms with Gasteiger partial charge in [0.1, 0.15) is 6.54 Å². The van der Waals surface area contributed by atoms with Crippen LogP contribution < -0.4 is 11.0 Å². The third-order valence-electron chi connectivity index (χ3n) is 4.42. The Kier molecular flexibility index (Phi) is 4.05. The van der Waals surface area contributed by atoms with E-state index in [9.17, 15) is 9.59 Å². The van der Waals surface area contributed by atoms with E-state index in [1.54, 1.807) is 24.4 Å². The van der Waals surface area contributed by atoms with Gasteiger partial charge in [0, 0.05) is 11.2 Å². The van der Waals surface area contributed by atoms with Crippen molar-refractivity contribution in [2.45, 2.75) is 25.4 Å². The number of benzene rings is 1. The van der Waals surface area contributed by atoms with E-state index < -0.39 is 0 Å². The molecule has 0 spiro atoms. The fraction of sp³-hybridized carbons (Fsp3) is 0.278. The van der Waals surface area contributed by atoms with Gasteiger partial charge in [0.25, 0.3) is 0 Å². The molecule has 1 aliphatic carbocycles. The minimum atomic E-state index is -0.319. The van der Waals surface area contributed by atoms with Crippen molar-refractivity contribution in [1.29, 1.82) is 0 Å². The fourth-order valence-electron chi connectivity index (χ4n) is 3.00. The Labute approximate surface area is 149 Å². The molecule has 1 aliphatic rings. The summed E-state index contributed by atoms with van der Waals surface area (Å²) in [4.78, 5) is 24.8. The van der Waals surface area contributed by atoms with E-state index in [1.165, 1.54) is 9.08 Å². The number of aromatic nitrogens is 3. The standard InChI is InChI=1S/C18H17ClN4O2/c19-14-8-6-13(7-9-14)17(12-4-5-12)20-16(24)11-23-18(25)22-10-2-1-3-15(22)21-23/h1-3,6-10,12,17H,4-5,11H2,(H,20,24). The van der Waals surface area contributed by atoms with Gasteiger partial charge in [-0.2, -0.15) is 0 Å². The lowest BCUT2D eigenvalue weighted by molar-refractivity contribution is -0.122. The van der Waals surface area contributed by atoms with Crippen molar-refractivity contribution in [3.8, 4) is 0 Å². The number of nitrogens with zero attached hydrogens (tertiary/aromatic N) is 3. The first kappa shape index (κ1) is 15.9. The Balaban J connectivity index is 1.52. The summed E-state index contributed by atoms with van der Waals surface area (Å²) in [6.45, 7) is -0.0999. The molecule has 4 rings (SSSR count). The predicted octanol–water partition coefficient (Wildman–Crippen LogP) is 2.42. The van der Waals surface area contributed by atoms with Crippen LogP contribution in [0.4, 0.5) is 0 Å². The second-order valence-corrected chi connectivity index (χ2v) is 6.74. The number of halogens is 1. The molecule has 0 radical (unpaired) electrons. The van der Waals surface area contributed by atoms with Crippen LogP contribution in [0, 0.1) is 5.92 Å². The van der Waals surface area contributed by atoms with E-state index in [2.05, 4.69) is 10.4 Å². The first-order valence-electron chi connectivity index (χ1n) is 8.21. The van der Waals surface area contributed by atoms with Gasteiger partial charge in [0.15, 0.2) is 5.65 Å². The zero-order valence-corrected chi connectivity index (χ0v) is 14.2. The van der Waals surface area contributed by atoms with Gasteiger partial charge in [0.2, 0.25) is 5.91 Å². The highest BCUT2D eigenvalue weighted by Gasteiger charge is 2.33. The Hall–Kier alpha value is -2.60. The zero-order chi connectivity index (χ0) is 17.4. The maximum atomic E-state index is 12.5. The van der Waals surface area contributed by atoms with Crippen molar-refractivity contribution in [2.75, 3.05) is 0 Å². The third kappa shape index (κ3) is 3.30. The lowest BCUT2D eigenvalue weighted by Crippen LogP contribution is -2.35. The molecular formula is C18H17ClN4O2. The van der Waals surface area contributed by atoms with E-state index in [0.29, 0.717) is 16.6 Å². The van der Waals surface area contributed by atoms with Crippen LogP contribution in [0.25, 0.3) is 5.65 Å². The Morgan fingerprint density at radius 1 is 1.24 bits per heavy atom. The van der Waals surface area contributed by atoms with Crippen molar-refractivity contribution < 1.29 is 4.79 Å². The highest BCUT2D eigenvalue weighted by Crippen LogP contribution is 2.41. The van der Waals surface area contributed by atoms with E-state index >= 15 is 0 Å². The van der Waals surface area contributed by atoms with Gasteiger partial charge in [-0.25, -0.2) is 9.48 Å². The summed E-state index contributed by atoms with van der Waals surface area (Å²) < 4.78 is 2.61. The van der Waals surface area contributed by atoms with Gasteiger partial charge < -0.3 is 5.32 Å². The normalized spacial score (nSPS) is 15.2. The van der Waals surface area contributed by atoms with Gasteiger partial charge in [-0.1, -0.05) is 29.8 Å². The maximum absolute atomic E-state index is 12.5. The van der Waals surface area contributed by atoms with Gasteiger partial charge in [-0.3, -0.25) is 9.20 Å². The molecule has 1 aromatic carbocycles. The number of carbonyl (C=O) groups is 1. The Morgan fingerprint density at radius 2 is 2.00 bits per heavy atom. The SMILES string of the molecule is O=C(Cn1nc2ccccn2c1=O)NC(c1ccc(Cl)cc1)C1CC1. The van der Waals surface area contributed by atoms with Crippen LogP contribution >= 0.6 is 11.6 Å². The molecule has 0 aliphatic heterocycles. The molecular weight excluding hydrogens is 340 g/mol. The van der Waals surface area contributed by atoms with Gasteiger partial charge in [-0.05, 0) is 48.6 Å². The molecule has 1 amide bonds. The average molecular weight is 357 g/mol. The van der Waals surface area contributed by atoms with Crippen molar-refractivity contribution in [1.82, 2.24) is 19.5 Å². The number of pyridine rings is 1. The van der Waals surface area contributed by atoms with Crippen molar-refractivity contribution in [3.05, 3.63) is 69.7 Å². The third-order valence-corrected chi connectivity index (χ3v) is 4.67. The molecule has 1 saturated carbocycles. The Bertz CT molecular complexity index is 973. The molecule has 25 heavy (non-hydrogen) atoms. The van der Waals surface area contributed by atoms with Crippen LogP contribution in [0.3, 0.4) is 0 Å². The van der Waals surface area contributed by atoms with E-state index in [0.717, 1.165) is 18.4 Å². The molecule has 0 saturated heterocycles. The topological polar surface area (TPSA) is 68.4 Å². The highest BCUT2D eigenvalue weighted by atomic mass is 35.5. The average Bonchev–Trinajstić information content (AvgIpc) is 3.40. The summed E-state index contributed by atoms with van der Waals surface area (Å²) in [7, 11) is 0. The number of amides is 1. The van der Waals surface area contributed by atoms with Gasteiger partial charge in [-0.15, -0.1) is 5.10 Å². The van der Waals surface area contributed by atoms with Crippen LogP contribution in [0.1, 0.15) is 24.4 Å². The second-order valence-electron chi connectivity index (χ2n) is 6.30. The van der Waals surface area contributed by atoms with Crippen molar-refractivity contribution in [3.63, 3.8) is 0 Å². The highest BCUT2D eigenvalue weighted by molar-refractivity contribution is 6.30. The first-order chi connectivity index (χ1) is 12.1. The molecule has 1 atom stereocenters. The number of hydrogen-bond donors (Lipinski definition) is 1. The minimum absolute atomic E-state index is 0.0579. The van der Waals surface area contributed by atoms with Crippen LogP contribution in [-0.4, -0.2) is 20.1 Å². The van der Waals surface area contributed by atoms with Crippen LogP contribution in [0.15, 0.2) is 53.5 Å². The number of fused-ring (bicyclic) bond motifs is 1. The number of carbonyl (C=O) groups excluding carboxylic acids is 1. The number of rotatable bonds is 5. The summed E-state index contributed by atoms with van der Waals surface area (Å²) >= 11 is 5.94. The summed E-state index contributed by atoms with van der Waals surface area (Å²) in [5.41, 5.74) is 1.24.